The topological polar surface area (TPSA) is 60.7 Å². The summed E-state index contributed by atoms with van der Waals surface area (Å²) in [5.41, 5.74) is 10.6. The van der Waals surface area contributed by atoms with Gasteiger partial charge in [-0.3, -0.25) is 0 Å². The van der Waals surface area contributed by atoms with Crippen LogP contribution in [0.1, 0.15) is 40.3 Å². The van der Waals surface area contributed by atoms with Crippen molar-refractivity contribution in [2.75, 3.05) is 0 Å². The SMILES string of the molecule is Cc1ccc(-c2cc(C(C)(c3ccc(O)c(-c4ccc(C)cc4)c3)c3ccc(O)c(-c4ccc(C)cc4)c3)ccc2O)cc1. The molecule has 0 aromatic heterocycles. The van der Waals surface area contributed by atoms with Gasteiger partial charge in [0.1, 0.15) is 17.2 Å². The molecule has 6 aromatic carbocycles. The number of rotatable bonds is 6. The van der Waals surface area contributed by atoms with Gasteiger partial charge in [-0.25, -0.2) is 0 Å². The first-order valence-electron chi connectivity index (χ1n) is 14.8. The molecule has 0 fully saturated rings. The van der Waals surface area contributed by atoms with Gasteiger partial charge in [0.15, 0.2) is 0 Å². The third-order valence-electron chi connectivity index (χ3n) is 8.81. The maximum Gasteiger partial charge on any atom is 0.123 e. The van der Waals surface area contributed by atoms with Gasteiger partial charge in [-0.2, -0.15) is 0 Å². The molecule has 0 bridgehead atoms. The monoisotopic (exact) mass is 576 g/mol. The molecular formula is C41H36O3. The van der Waals surface area contributed by atoms with E-state index in [2.05, 4.69) is 25.1 Å². The van der Waals surface area contributed by atoms with Crippen molar-refractivity contribution in [1.82, 2.24) is 0 Å². The molecule has 0 spiro atoms. The molecule has 3 heteroatoms. The Labute approximate surface area is 259 Å². The first kappa shape index (κ1) is 28.8. The Morgan fingerprint density at radius 1 is 0.364 bits per heavy atom. The zero-order valence-corrected chi connectivity index (χ0v) is 25.5. The van der Waals surface area contributed by atoms with Crippen LogP contribution in [0.15, 0.2) is 127 Å². The maximum atomic E-state index is 11.0. The van der Waals surface area contributed by atoms with Crippen LogP contribution in [0.5, 0.6) is 17.2 Å². The number of phenolic OH excluding ortho intramolecular Hbond substituents is 3. The Bertz CT molecular complexity index is 1720. The van der Waals surface area contributed by atoms with Gasteiger partial charge < -0.3 is 15.3 Å². The van der Waals surface area contributed by atoms with E-state index >= 15 is 0 Å². The van der Waals surface area contributed by atoms with Crippen molar-refractivity contribution in [3.05, 3.63) is 161 Å². The Balaban J connectivity index is 1.60. The van der Waals surface area contributed by atoms with Gasteiger partial charge in [0.05, 0.1) is 0 Å². The van der Waals surface area contributed by atoms with Gasteiger partial charge in [0.25, 0.3) is 0 Å². The molecule has 3 N–H and O–H groups in total. The molecule has 6 rings (SSSR count). The number of hydrogen-bond acceptors (Lipinski definition) is 3. The van der Waals surface area contributed by atoms with Crippen LogP contribution in [0.3, 0.4) is 0 Å². The molecule has 0 aliphatic rings. The van der Waals surface area contributed by atoms with E-state index < -0.39 is 5.41 Å². The highest BCUT2D eigenvalue weighted by atomic mass is 16.3. The predicted molar refractivity (Wildman–Crippen MR) is 180 cm³/mol. The van der Waals surface area contributed by atoms with Gasteiger partial charge in [0.2, 0.25) is 0 Å². The molecule has 218 valence electrons. The molecule has 0 radical (unpaired) electrons. The molecule has 0 amide bonds. The zero-order chi connectivity index (χ0) is 31.0. The normalized spacial score (nSPS) is 11.5. The second-order valence-corrected chi connectivity index (χ2v) is 11.9. The smallest absolute Gasteiger partial charge is 0.123 e. The molecule has 0 heterocycles. The van der Waals surface area contributed by atoms with Crippen molar-refractivity contribution in [2.45, 2.75) is 33.1 Å². The number of phenols is 3. The van der Waals surface area contributed by atoms with E-state index in [1.807, 2.05) is 112 Å². The van der Waals surface area contributed by atoms with Crippen molar-refractivity contribution in [3.63, 3.8) is 0 Å². The van der Waals surface area contributed by atoms with Crippen LogP contribution in [-0.2, 0) is 5.41 Å². The largest absolute Gasteiger partial charge is 0.507 e. The van der Waals surface area contributed by atoms with E-state index in [1.165, 1.54) is 0 Å². The van der Waals surface area contributed by atoms with Crippen LogP contribution in [0.4, 0.5) is 0 Å². The van der Waals surface area contributed by atoms with Crippen molar-refractivity contribution >= 4 is 0 Å². The lowest BCUT2D eigenvalue weighted by Gasteiger charge is -2.33. The first-order chi connectivity index (χ1) is 21.1. The summed E-state index contributed by atoms with van der Waals surface area (Å²) in [5.74, 6) is 0.617. The summed E-state index contributed by atoms with van der Waals surface area (Å²) in [4.78, 5) is 0. The minimum atomic E-state index is -0.729. The lowest BCUT2D eigenvalue weighted by molar-refractivity contribution is 0.476. The van der Waals surface area contributed by atoms with Crippen LogP contribution in [0.25, 0.3) is 33.4 Å². The van der Waals surface area contributed by atoms with Crippen LogP contribution in [0.2, 0.25) is 0 Å². The van der Waals surface area contributed by atoms with E-state index in [0.717, 1.165) is 66.8 Å². The average Bonchev–Trinajstić information content (AvgIpc) is 3.03. The number of hydrogen-bond donors (Lipinski definition) is 3. The fourth-order valence-corrected chi connectivity index (χ4v) is 5.93. The first-order valence-corrected chi connectivity index (χ1v) is 14.8. The molecule has 0 aliphatic heterocycles. The Morgan fingerprint density at radius 3 is 0.864 bits per heavy atom. The van der Waals surface area contributed by atoms with Gasteiger partial charge in [-0.15, -0.1) is 0 Å². The second-order valence-electron chi connectivity index (χ2n) is 11.9. The highest BCUT2D eigenvalue weighted by molar-refractivity contribution is 5.76. The van der Waals surface area contributed by atoms with Gasteiger partial charge in [0, 0.05) is 22.1 Å². The molecule has 0 saturated carbocycles. The fraction of sp³-hybridized carbons (Fsp3) is 0.122. The Kier molecular flexibility index (Phi) is 7.48. The summed E-state index contributed by atoms with van der Waals surface area (Å²) in [6, 6.07) is 41.7. The summed E-state index contributed by atoms with van der Waals surface area (Å²) in [7, 11) is 0. The summed E-state index contributed by atoms with van der Waals surface area (Å²) in [6.07, 6.45) is 0. The fourth-order valence-electron chi connectivity index (χ4n) is 5.93. The van der Waals surface area contributed by atoms with Crippen LogP contribution < -0.4 is 0 Å². The van der Waals surface area contributed by atoms with Gasteiger partial charge in [-0.1, -0.05) is 108 Å². The summed E-state index contributed by atoms with van der Waals surface area (Å²) >= 11 is 0. The number of aromatic hydroxyl groups is 3. The molecule has 0 aliphatic carbocycles. The van der Waals surface area contributed by atoms with E-state index in [1.54, 1.807) is 18.2 Å². The summed E-state index contributed by atoms with van der Waals surface area (Å²) in [5, 5.41) is 33.0. The third kappa shape index (κ3) is 5.33. The van der Waals surface area contributed by atoms with E-state index in [4.69, 9.17) is 0 Å². The highest BCUT2D eigenvalue weighted by Crippen LogP contribution is 2.46. The van der Waals surface area contributed by atoms with Crippen molar-refractivity contribution < 1.29 is 15.3 Å². The molecule has 0 saturated heterocycles. The maximum absolute atomic E-state index is 11.0. The van der Waals surface area contributed by atoms with Gasteiger partial charge >= 0.3 is 0 Å². The Hall–Kier alpha value is -5.28. The van der Waals surface area contributed by atoms with E-state index in [0.29, 0.717) is 0 Å². The van der Waals surface area contributed by atoms with Crippen LogP contribution in [-0.4, -0.2) is 15.3 Å². The number of aryl methyl sites for hydroxylation is 3. The minimum absolute atomic E-state index is 0.206. The van der Waals surface area contributed by atoms with E-state index in [-0.39, 0.29) is 17.2 Å². The molecule has 0 unspecified atom stereocenters. The van der Waals surface area contributed by atoms with Gasteiger partial charge in [-0.05, 0) is 97.5 Å². The van der Waals surface area contributed by atoms with E-state index in [9.17, 15) is 15.3 Å². The summed E-state index contributed by atoms with van der Waals surface area (Å²) < 4.78 is 0. The summed E-state index contributed by atoms with van der Waals surface area (Å²) in [6.45, 7) is 8.30. The van der Waals surface area contributed by atoms with Crippen LogP contribution >= 0.6 is 0 Å². The standard InChI is InChI=1S/C41H36O3/c1-26-5-11-29(12-6-26)35-23-32(17-20-38(35)42)41(4,33-18-21-39(43)36(24-33)30-13-7-27(2)8-14-30)34-19-22-40(44)37(25-34)31-15-9-28(3)10-16-31/h5-25,42-44H,1-4H3. The Morgan fingerprint density at radius 2 is 0.614 bits per heavy atom. The quantitative estimate of drug-likeness (QED) is 0.173. The molecule has 6 aromatic rings. The minimum Gasteiger partial charge on any atom is -0.507 e. The molecular weight excluding hydrogens is 540 g/mol. The number of benzene rings is 6. The second kappa shape index (κ2) is 11.4. The van der Waals surface area contributed by atoms with Crippen molar-refractivity contribution in [1.29, 1.82) is 0 Å². The zero-order valence-electron chi connectivity index (χ0n) is 25.5. The van der Waals surface area contributed by atoms with Crippen LogP contribution in [0, 0.1) is 20.8 Å². The molecule has 0 atom stereocenters. The predicted octanol–water partition coefficient (Wildman–Crippen LogP) is 10.1. The lowest BCUT2D eigenvalue weighted by atomic mass is 9.69. The molecule has 3 nitrogen and oxygen atoms in total. The average molecular weight is 577 g/mol. The lowest BCUT2D eigenvalue weighted by Crippen LogP contribution is -2.25. The highest BCUT2D eigenvalue weighted by Gasteiger charge is 2.33. The van der Waals surface area contributed by atoms with Crippen molar-refractivity contribution in [2.24, 2.45) is 0 Å². The molecule has 44 heavy (non-hydrogen) atoms. The van der Waals surface area contributed by atoms with Crippen molar-refractivity contribution in [3.8, 4) is 50.6 Å². The third-order valence-corrected chi connectivity index (χ3v) is 8.81.